The first-order valence-corrected chi connectivity index (χ1v) is 9.81. The second-order valence-corrected chi connectivity index (χ2v) is 7.51. The number of halogens is 3. The molecule has 1 aromatic heterocycles. The number of hydrogen-bond donors (Lipinski definition) is 2. The minimum absolute atomic E-state index is 0.391. The molecule has 4 rings (SSSR count). The molecule has 0 spiro atoms. The number of carbonyl (C=O) groups is 2. The molecule has 3 aromatic rings. The highest BCUT2D eigenvalue weighted by Gasteiger charge is 2.62. The average Bonchev–Trinajstić information content (AvgIpc) is 3.01. The van der Waals surface area contributed by atoms with Crippen LogP contribution < -0.4 is 11.1 Å². The third kappa shape index (κ3) is 3.83. The zero-order valence-corrected chi connectivity index (χ0v) is 17.3. The summed E-state index contributed by atoms with van der Waals surface area (Å²) in [7, 11) is 1.16. The van der Waals surface area contributed by atoms with E-state index in [1.807, 2.05) is 12.1 Å². The standard InChI is InChI=1S/C23H19F3N4O3/c1-30-19(31)21(17-9-3-2-4-10-17,29-23(30,27)33-20(32)22(24,25)26)18-11-5-7-15(13-18)16-8-6-12-28-14-16/h2-14,29H,27H2,1H3. The van der Waals surface area contributed by atoms with Crippen LogP contribution in [-0.4, -0.2) is 41.0 Å². The van der Waals surface area contributed by atoms with Crippen molar-refractivity contribution in [2.24, 2.45) is 5.73 Å². The Morgan fingerprint density at radius 3 is 2.33 bits per heavy atom. The van der Waals surface area contributed by atoms with Crippen LogP contribution in [0.2, 0.25) is 0 Å². The van der Waals surface area contributed by atoms with E-state index < -0.39 is 29.6 Å². The van der Waals surface area contributed by atoms with Gasteiger partial charge in [0.1, 0.15) is 0 Å². The summed E-state index contributed by atoms with van der Waals surface area (Å²) in [5.74, 6) is -5.77. The molecule has 1 amide bonds. The normalized spacial score (nSPS) is 22.9. The summed E-state index contributed by atoms with van der Waals surface area (Å²) in [6, 6.07) is 18.8. The molecule has 1 fully saturated rings. The molecule has 10 heteroatoms. The first-order chi connectivity index (χ1) is 15.6. The van der Waals surface area contributed by atoms with Gasteiger partial charge in [0.2, 0.25) is 0 Å². The molecule has 0 bridgehead atoms. The van der Waals surface area contributed by atoms with Gasteiger partial charge >= 0.3 is 18.1 Å². The molecule has 0 saturated carbocycles. The number of carbonyl (C=O) groups excluding carboxylic acids is 2. The molecule has 2 heterocycles. The molecule has 3 N–H and O–H groups in total. The van der Waals surface area contributed by atoms with Crippen LogP contribution in [0, 0.1) is 0 Å². The number of nitrogens with two attached hydrogens (primary N) is 1. The summed E-state index contributed by atoms with van der Waals surface area (Å²) in [5, 5.41) is 2.69. The van der Waals surface area contributed by atoms with Gasteiger partial charge in [-0.2, -0.15) is 13.2 Å². The van der Waals surface area contributed by atoms with Crippen molar-refractivity contribution in [1.29, 1.82) is 0 Å². The van der Waals surface area contributed by atoms with Gasteiger partial charge in [-0.15, -0.1) is 0 Å². The molecule has 0 aliphatic carbocycles. The van der Waals surface area contributed by atoms with Crippen LogP contribution >= 0.6 is 0 Å². The quantitative estimate of drug-likeness (QED) is 0.463. The van der Waals surface area contributed by atoms with Crippen LogP contribution in [-0.2, 0) is 19.9 Å². The highest BCUT2D eigenvalue weighted by Crippen LogP contribution is 2.41. The summed E-state index contributed by atoms with van der Waals surface area (Å²) in [4.78, 5) is 30.1. The molecule has 2 unspecified atom stereocenters. The first-order valence-electron chi connectivity index (χ1n) is 9.81. The number of ether oxygens (including phenoxy) is 1. The highest BCUT2D eigenvalue weighted by atomic mass is 19.4. The molecule has 0 radical (unpaired) electrons. The van der Waals surface area contributed by atoms with Crippen molar-refractivity contribution >= 4 is 11.9 Å². The highest BCUT2D eigenvalue weighted by molar-refractivity contribution is 5.95. The Morgan fingerprint density at radius 1 is 1.03 bits per heavy atom. The molecule has 1 aliphatic rings. The zero-order valence-electron chi connectivity index (χ0n) is 17.3. The summed E-state index contributed by atoms with van der Waals surface area (Å²) in [5.41, 5.74) is 6.58. The molecule has 2 aromatic carbocycles. The van der Waals surface area contributed by atoms with E-state index in [-0.39, 0.29) is 0 Å². The Kier molecular flexibility index (Phi) is 5.43. The second-order valence-electron chi connectivity index (χ2n) is 7.51. The largest absolute Gasteiger partial charge is 0.491 e. The van der Waals surface area contributed by atoms with Gasteiger partial charge in [-0.25, -0.2) is 10.1 Å². The van der Waals surface area contributed by atoms with E-state index in [2.05, 4.69) is 15.0 Å². The van der Waals surface area contributed by atoms with Crippen molar-refractivity contribution in [2.45, 2.75) is 17.7 Å². The Balaban J connectivity index is 1.87. The lowest BCUT2D eigenvalue weighted by Crippen LogP contribution is -2.64. The molecular formula is C23H19F3N4O3. The van der Waals surface area contributed by atoms with Crippen molar-refractivity contribution < 1.29 is 27.5 Å². The Morgan fingerprint density at radius 2 is 1.70 bits per heavy atom. The molecule has 1 saturated heterocycles. The molecule has 1 aliphatic heterocycles. The SMILES string of the molecule is CN1C(=O)C(c2ccccc2)(c2cccc(-c3cccnc3)c2)NC1(N)OC(=O)C(F)(F)F. The van der Waals surface area contributed by atoms with Crippen molar-refractivity contribution in [1.82, 2.24) is 15.2 Å². The van der Waals surface area contributed by atoms with Gasteiger partial charge in [0.25, 0.3) is 5.91 Å². The van der Waals surface area contributed by atoms with E-state index >= 15 is 0 Å². The average molecular weight is 456 g/mol. The van der Waals surface area contributed by atoms with Crippen molar-refractivity contribution in [3.05, 3.63) is 90.3 Å². The lowest BCUT2D eigenvalue weighted by molar-refractivity contribution is -0.228. The summed E-state index contributed by atoms with van der Waals surface area (Å²) in [6.45, 7) is 0. The van der Waals surface area contributed by atoms with Crippen LogP contribution in [0.3, 0.4) is 0 Å². The topological polar surface area (TPSA) is 97.6 Å². The number of rotatable bonds is 4. The predicted octanol–water partition coefficient (Wildman–Crippen LogP) is 2.73. The van der Waals surface area contributed by atoms with E-state index in [0.717, 1.165) is 23.1 Å². The number of likely N-dealkylation sites (N-methyl/N-ethyl adjacent to an activating group) is 1. The summed E-state index contributed by atoms with van der Waals surface area (Å²) < 4.78 is 43.3. The van der Waals surface area contributed by atoms with Crippen molar-refractivity contribution in [2.75, 3.05) is 7.05 Å². The van der Waals surface area contributed by atoms with Crippen LogP contribution in [0.25, 0.3) is 11.1 Å². The van der Waals surface area contributed by atoms with E-state index in [4.69, 9.17) is 5.73 Å². The van der Waals surface area contributed by atoms with Crippen LogP contribution in [0.1, 0.15) is 11.1 Å². The number of alkyl halides is 3. The maximum atomic E-state index is 13.6. The third-order valence-corrected chi connectivity index (χ3v) is 5.47. The van der Waals surface area contributed by atoms with Crippen molar-refractivity contribution in [3.8, 4) is 11.1 Å². The third-order valence-electron chi connectivity index (χ3n) is 5.47. The minimum atomic E-state index is -5.30. The number of hydrogen-bond acceptors (Lipinski definition) is 6. The molecular weight excluding hydrogens is 437 g/mol. The maximum absolute atomic E-state index is 13.6. The van der Waals surface area contributed by atoms with Crippen LogP contribution in [0.4, 0.5) is 13.2 Å². The smallest absolute Gasteiger partial charge is 0.404 e. The number of nitrogens with one attached hydrogen (secondary N) is 1. The predicted molar refractivity (Wildman–Crippen MR) is 112 cm³/mol. The fraction of sp³-hybridized carbons (Fsp3) is 0.174. The van der Waals surface area contributed by atoms with E-state index in [9.17, 15) is 22.8 Å². The fourth-order valence-corrected chi connectivity index (χ4v) is 3.81. The number of pyridine rings is 1. The van der Waals surface area contributed by atoms with Gasteiger partial charge < -0.3 is 4.74 Å². The lowest BCUT2D eigenvalue weighted by Gasteiger charge is -2.32. The van der Waals surface area contributed by atoms with Crippen molar-refractivity contribution in [3.63, 3.8) is 0 Å². The zero-order chi connectivity index (χ0) is 23.9. The van der Waals surface area contributed by atoms with E-state index in [1.165, 1.54) is 0 Å². The first kappa shape index (κ1) is 22.4. The summed E-state index contributed by atoms with van der Waals surface area (Å²) in [6.07, 6.45) is -2.04. The number of benzene rings is 2. The van der Waals surface area contributed by atoms with Gasteiger partial charge in [0, 0.05) is 19.4 Å². The fourth-order valence-electron chi connectivity index (χ4n) is 3.81. The molecule has 170 valence electrons. The Labute approximate surface area is 187 Å². The number of aromatic nitrogens is 1. The Bertz CT molecular complexity index is 1190. The van der Waals surface area contributed by atoms with Gasteiger partial charge in [-0.3, -0.25) is 20.4 Å². The minimum Gasteiger partial charge on any atom is -0.404 e. The number of amides is 1. The second kappa shape index (κ2) is 7.98. The van der Waals surface area contributed by atoms with Gasteiger partial charge in [-0.1, -0.05) is 54.6 Å². The molecule has 33 heavy (non-hydrogen) atoms. The monoisotopic (exact) mass is 456 g/mol. The number of esters is 1. The number of nitrogens with zero attached hydrogens (tertiary/aromatic N) is 2. The Hall–Kier alpha value is -3.76. The van der Waals surface area contributed by atoms with Crippen LogP contribution in [0.15, 0.2) is 79.1 Å². The lowest BCUT2D eigenvalue weighted by atomic mass is 9.81. The van der Waals surface area contributed by atoms with E-state index in [0.29, 0.717) is 11.1 Å². The van der Waals surface area contributed by atoms with E-state index in [1.54, 1.807) is 67.0 Å². The van der Waals surface area contributed by atoms with Gasteiger partial charge in [0.15, 0.2) is 5.54 Å². The van der Waals surface area contributed by atoms with Gasteiger partial charge in [0.05, 0.1) is 0 Å². The molecule has 7 nitrogen and oxygen atoms in total. The van der Waals surface area contributed by atoms with Crippen LogP contribution in [0.5, 0.6) is 0 Å². The maximum Gasteiger partial charge on any atom is 0.491 e. The summed E-state index contributed by atoms with van der Waals surface area (Å²) >= 11 is 0. The van der Waals surface area contributed by atoms with Gasteiger partial charge in [-0.05, 0) is 34.4 Å². The molecule has 2 atom stereocenters.